The van der Waals surface area contributed by atoms with Gasteiger partial charge in [0.25, 0.3) is 5.91 Å². The molecule has 3 aromatic carbocycles. The average Bonchev–Trinajstić information content (AvgIpc) is 3.52. The smallest absolute Gasteiger partial charge is 0.491 e. The Morgan fingerprint density at radius 3 is 2.34 bits per heavy atom. The van der Waals surface area contributed by atoms with Gasteiger partial charge in [-0.25, -0.2) is 19.6 Å². The lowest BCUT2D eigenvalue weighted by Crippen LogP contribution is -2.28. The molecule has 0 bridgehead atoms. The van der Waals surface area contributed by atoms with Crippen LogP contribution in [0.3, 0.4) is 0 Å². The first-order chi connectivity index (χ1) is 25.4. The van der Waals surface area contributed by atoms with E-state index in [0.29, 0.717) is 34.4 Å². The van der Waals surface area contributed by atoms with E-state index in [4.69, 9.17) is 14.5 Å². The van der Waals surface area contributed by atoms with Crippen molar-refractivity contribution in [3.63, 3.8) is 0 Å². The quantitative estimate of drug-likeness (QED) is 0.106. The third-order valence-electron chi connectivity index (χ3n) is 9.60. The molecule has 5 aromatic rings. The Labute approximate surface area is 304 Å². The number of carbonyl (C=O) groups excluding carboxylic acids is 3. The number of halogens is 3. The zero-order valence-corrected chi connectivity index (χ0v) is 29.6. The van der Waals surface area contributed by atoms with Crippen molar-refractivity contribution in [2.45, 2.75) is 64.6 Å². The minimum atomic E-state index is -5.30. The summed E-state index contributed by atoms with van der Waals surface area (Å²) in [6.45, 7) is 2.10. The maximum Gasteiger partial charge on any atom is 0.491 e. The minimum absolute atomic E-state index is 0.0982. The van der Waals surface area contributed by atoms with Crippen molar-refractivity contribution in [3.05, 3.63) is 101 Å². The van der Waals surface area contributed by atoms with Crippen LogP contribution in [-0.4, -0.2) is 52.8 Å². The Kier molecular flexibility index (Phi) is 11.1. The molecule has 2 heterocycles. The van der Waals surface area contributed by atoms with E-state index in [-0.39, 0.29) is 18.1 Å². The fourth-order valence-corrected chi connectivity index (χ4v) is 6.82. The van der Waals surface area contributed by atoms with E-state index in [1.54, 1.807) is 31.0 Å². The molecule has 53 heavy (non-hydrogen) atoms. The largest absolute Gasteiger partial charge is 0.496 e. The van der Waals surface area contributed by atoms with Gasteiger partial charge in [-0.05, 0) is 78.8 Å². The van der Waals surface area contributed by atoms with Gasteiger partial charge in [-0.15, -0.1) is 0 Å². The van der Waals surface area contributed by atoms with E-state index < -0.39 is 24.0 Å². The van der Waals surface area contributed by atoms with Gasteiger partial charge >= 0.3 is 18.1 Å². The number of fused-ring (bicyclic) bond motifs is 1. The first-order valence-electron chi connectivity index (χ1n) is 17.4. The lowest BCUT2D eigenvalue weighted by Gasteiger charge is -2.22. The summed E-state index contributed by atoms with van der Waals surface area (Å²) >= 11 is 0. The summed E-state index contributed by atoms with van der Waals surface area (Å²) in [5.41, 5.74) is 4.62. The molecule has 1 N–H and O–H groups in total. The van der Waals surface area contributed by atoms with E-state index in [1.165, 1.54) is 56.4 Å². The number of carbonyl (C=O) groups is 3. The predicted molar refractivity (Wildman–Crippen MR) is 192 cm³/mol. The van der Waals surface area contributed by atoms with Crippen LogP contribution in [0.4, 0.5) is 19.1 Å². The SMILES string of the molecule is COc1cc(-c2nc(NC(=O)c3cc4ccccc4n3Cc3ccc(C(=O)OC(=O)C(F)(F)F)cc3)ncc2CCC2CCCCC2)c(OC)cc1C. The normalized spacial score (nSPS) is 13.5. The van der Waals surface area contributed by atoms with Crippen LogP contribution in [0.1, 0.15) is 76.1 Å². The first-order valence-corrected chi connectivity index (χ1v) is 17.4. The number of hydrogen-bond donors (Lipinski definition) is 1. The van der Waals surface area contributed by atoms with Crippen molar-refractivity contribution >= 4 is 34.7 Å². The molecule has 6 rings (SSSR count). The molecular weight excluding hydrogens is 689 g/mol. The van der Waals surface area contributed by atoms with Gasteiger partial charge in [0.05, 0.1) is 25.5 Å². The first kappa shape index (κ1) is 37.1. The number of anilines is 1. The summed E-state index contributed by atoms with van der Waals surface area (Å²) in [6, 6.07) is 18.5. The number of alkyl halides is 3. The number of hydrogen-bond acceptors (Lipinski definition) is 8. The van der Waals surface area contributed by atoms with Gasteiger partial charge in [0.1, 0.15) is 17.2 Å². The molecule has 1 aliphatic carbocycles. The van der Waals surface area contributed by atoms with Crippen molar-refractivity contribution in [2.24, 2.45) is 5.92 Å². The van der Waals surface area contributed by atoms with E-state index in [2.05, 4.69) is 15.0 Å². The van der Waals surface area contributed by atoms with Gasteiger partial charge in [0.2, 0.25) is 5.95 Å². The van der Waals surface area contributed by atoms with Crippen LogP contribution < -0.4 is 14.8 Å². The van der Waals surface area contributed by atoms with Crippen LogP contribution in [0.5, 0.6) is 11.5 Å². The third-order valence-corrected chi connectivity index (χ3v) is 9.60. The van der Waals surface area contributed by atoms with Crippen molar-refractivity contribution in [1.29, 1.82) is 0 Å². The molecule has 0 radical (unpaired) electrons. The fourth-order valence-electron chi connectivity index (χ4n) is 6.82. The highest BCUT2D eigenvalue weighted by atomic mass is 19.4. The second-order valence-electron chi connectivity index (χ2n) is 13.1. The number of amides is 1. The zero-order valence-electron chi connectivity index (χ0n) is 29.6. The molecule has 0 unspecified atom stereocenters. The predicted octanol–water partition coefficient (Wildman–Crippen LogP) is 8.48. The molecule has 0 aliphatic heterocycles. The van der Waals surface area contributed by atoms with Crippen LogP contribution in [0, 0.1) is 12.8 Å². The van der Waals surface area contributed by atoms with E-state index in [1.807, 2.05) is 43.3 Å². The topological polar surface area (TPSA) is 122 Å². The standard InChI is InChI=1S/C40H39F3N4O6/c1-24-19-34(52-3)30(21-33(24)51-2)35-29(18-13-25-9-5-4-6-10-25)22-44-39(45-35)46-36(48)32-20-28-11-7-8-12-31(28)47(32)23-26-14-16-27(17-15-26)37(49)53-38(50)40(41,42)43/h7-8,11-12,14-17,19-22,25H,4-6,9-10,13,18,23H2,1-3H3,(H,44,45,46,48). The lowest BCUT2D eigenvalue weighted by molar-refractivity contribution is -0.193. The van der Waals surface area contributed by atoms with Gasteiger partial charge in [0.15, 0.2) is 0 Å². The third kappa shape index (κ3) is 8.51. The molecule has 1 saturated carbocycles. The monoisotopic (exact) mass is 728 g/mol. The number of methoxy groups -OCH3 is 2. The van der Waals surface area contributed by atoms with Crippen LogP contribution in [0.15, 0.2) is 72.9 Å². The van der Waals surface area contributed by atoms with Gasteiger partial charge in [-0.3, -0.25) is 10.1 Å². The molecule has 1 amide bonds. The van der Waals surface area contributed by atoms with Gasteiger partial charge < -0.3 is 18.8 Å². The maximum atomic E-state index is 14.0. The Hall–Kier alpha value is -5.72. The number of aryl methyl sites for hydroxylation is 2. The van der Waals surface area contributed by atoms with Crippen LogP contribution in [-0.2, 0) is 22.5 Å². The summed E-state index contributed by atoms with van der Waals surface area (Å²) in [4.78, 5) is 46.7. The summed E-state index contributed by atoms with van der Waals surface area (Å²) in [5.74, 6) is -2.47. The number of para-hydroxylation sites is 1. The Morgan fingerprint density at radius 1 is 0.925 bits per heavy atom. The summed E-state index contributed by atoms with van der Waals surface area (Å²) in [5, 5.41) is 3.67. The molecule has 2 aromatic heterocycles. The summed E-state index contributed by atoms with van der Waals surface area (Å²) < 4.78 is 54.9. The molecule has 1 fully saturated rings. The van der Waals surface area contributed by atoms with Crippen molar-refractivity contribution < 1.29 is 41.8 Å². The van der Waals surface area contributed by atoms with E-state index in [9.17, 15) is 27.6 Å². The lowest BCUT2D eigenvalue weighted by atomic mass is 9.85. The molecule has 13 heteroatoms. The van der Waals surface area contributed by atoms with Crippen LogP contribution >= 0.6 is 0 Å². The van der Waals surface area contributed by atoms with Crippen molar-refractivity contribution in [1.82, 2.24) is 14.5 Å². The summed E-state index contributed by atoms with van der Waals surface area (Å²) in [6.07, 6.45) is 4.40. The van der Waals surface area contributed by atoms with Gasteiger partial charge in [0, 0.05) is 29.2 Å². The Bertz CT molecular complexity index is 2140. The number of ether oxygens (including phenoxy) is 3. The summed E-state index contributed by atoms with van der Waals surface area (Å²) in [7, 11) is 3.21. The molecule has 0 spiro atoms. The average molecular weight is 729 g/mol. The Balaban J connectivity index is 1.29. The molecule has 276 valence electrons. The number of benzene rings is 3. The van der Waals surface area contributed by atoms with Crippen LogP contribution in [0.25, 0.3) is 22.2 Å². The number of rotatable bonds is 11. The van der Waals surface area contributed by atoms with E-state index >= 15 is 0 Å². The molecule has 1 aliphatic rings. The highest BCUT2D eigenvalue weighted by Crippen LogP contribution is 2.38. The second-order valence-corrected chi connectivity index (χ2v) is 13.1. The van der Waals surface area contributed by atoms with E-state index in [0.717, 1.165) is 40.4 Å². The van der Waals surface area contributed by atoms with Crippen molar-refractivity contribution in [2.75, 3.05) is 19.5 Å². The highest BCUT2D eigenvalue weighted by molar-refractivity contribution is 6.06. The van der Waals surface area contributed by atoms with Gasteiger partial charge in [-0.2, -0.15) is 13.2 Å². The van der Waals surface area contributed by atoms with Gasteiger partial charge in [-0.1, -0.05) is 62.4 Å². The highest BCUT2D eigenvalue weighted by Gasteiger charge is 2.42. The molecule has 10 nitrogen and oxygen atoms in total. The number of nitrogens with one attached hydrogen (secondary N) is 1. The van der Waals surface area contributed by atoms with Crippen LogP contribution in [0.2, 0.25) is 0 Å². The molecular formula is C40H39F3N4O6. The number of esters is 2. The number of nitrogens with zero attached hydrogens (tertiary/aromatic N) is 3. The molecule has 0 saturated heterocycles. The van der Waals surface area contributed by atoms with Crippen molar-refractivity contribution in [3.8, 4) is 22.8 Å². The number of aromatic nitrogens is 3. The fraction of sp³-hybridized carbons (Fsp3) is 0.325. The maximum absolute atomic E-state index is 14.0. The second kappa shape index (κ2) is 15.9. The zero-order chi connectivity index (χ0) is 37.7. The minimum Gasteiger partial charge on any atom is -0.496 e. The molecule has 0 atom stereocenters. The Morgan fingerprint density at radius 2 is 1.64 bits per heavy atom.